The molecule has 0 bridgehead atoms. The molecule has 0 aromatic heterocycles. The van der Waals surface area contributed by atoms with Crippen LogP contribution in [0, 0.1) is 23.3 Å². The molecule has 6 heteroatoms. The van der Waals surface area contributed by atoms with Crippen molar-refractivity contribution in [3.05, 3.63) is 242 Å². The van der Waals surface area contributed by atoms with Gasteiger partial charge in [-0.15, -0.1) is 0 Å². The molecule has 264 valence electrons. The molecule has 0 amide bonds. The summed E-state index contributed by atoms with van der Waals surface area (Å²) in [5.74, 6) is -1.95. The van der Waals surface area contributed by atoms with Crippen LogP contribution in [0.3, 0.4) is 0 Å². The van der Waals surface area contributed by atoms with E-state index < -0.39 is 36.7 Å². The first-order valence-corrected chi connectivity index (χ1v) is 19.5. The molecular weight excluding hydrogens is 694 g/mol. The van der Waals surface area contributed by atoms with Crippen LogP contribution < -0.4 is 43.1 Å². The molecule has 0 aliphatic heterocycles. The summed E-state index contributed by atoms with van der Waals surface area (Å²) in [5, 5.41) is 5.55. The van der Waals surface area contributed by atoms with E-state index in [2.05, 4.69) is 121 Å². The van der Waals surface area contributed by atoms with Gasteiger partial charge in [0.25, 0.3) is 0 Å². The normalized spacial score (nSPS) is 11.3. The third-order valence-electron chi connectivity index (χ3n) is 9.97. The zero-order valence-corrected chi connectivity index (χ0v) is 30.2. The summed E-state index contributed by atoms with van der Waals surface area (Å²) in [6, 6.07) is 67.3. The maximum atomic E-state index is 14.3. The van der Waals surface area contributed by atoms with Crippen LogP contribution in [0.2, 0.25) is 0 Å². The van der Waals surface area contributed by atoms with E-state index >= 15 is 0 Å². The van der Waals surface area contributed by atoms with Crippen molar-refractivity contribution in [2.75, 3.05) is 0 Å². The molecule has 0 saturated carbocycles. The van der Waals surface area contributed by atoms with Crippen molar-refractivity contribution in [3.63, 3.8) is 0 Å². The summed E-state index contributed by atoms with van der Waals surface area (Å²) in [7, 11) is -1.91. The summed E-state index contributed by atoms with van der Waals surface area (Å²) in [6.07, 6.45) is -2.25. The Balaban J connectivity index is 0.000000168. The van der Waals surface area contributed by atoms with Gasteiger partial charge in [0.05, 0.1) is 0 Å². The molecule has 0 spiro atoms. The fourth-order valence-corrected chi connectivity index (χ4v) is 12.0. The van der Waals surface area contributed by atoms with Gasteiger partial charge in [-0.2, -0.15) is 21.9 Å². The van der Waals surface area contributed by atoms with E-state index in [0.29, 0.717) is 21.9 Å². The molecule has 0 nitrogen and oxygen atoms in total. The SMILES string of the molecule is Fc1cccc([B-](c2cccc(F)c2)(c2cccc(F)c2)c2cccc(F)c2)c1.c1ccc([P+](c2ccccc2)(c2ccccc2)c2ccccc2)cc1. The molecule has 0 N–H and O–H groups in total. The van der Waals surface area contributed by atoms with Crippen molar-refractivity contribution in [2.45, 2.75) is 0 Å². The Kier molecular flexibility index (Phi) is 11.0. The first-order valence-electron chi connectivity index (χ1n) is 17.7. The zero-order valence-electron chi connectivity index (χ0n) is 29.3. The van der Waals surface area contributed by atoms with Gasteiger partial charge in [0.1, 0.15) is 57.9 Å². The summed E-state index contributed by atoms with van der Waals surface area (Å²) >= 11 is 0. The second-order valence-corrected chi connectivity index (χ2v) is 16.5. The van der Waals surface area contributed by atoms with Gasteiger partial charge in [-0.25, -0.2) is 17.6 Å². The van der Waals surface area contributed by atoms with Crippen LogP contribution in [0.4, 0.5) is 17.6 Å². The zero-order chi connectivity index (χ0) is 37.4. The lowest BCUT2D eigenvalue weighted by atomic mass is 9.13. The minimum atomic E-state index is -2.25. The molecular formula is C48H36BF4P. The van der Waals surface area contributed by atoms with Crippen LogP contribution in [0.25, 0.3) is 0 Å². The number of hydrogen-bond donors (Lipinski definition) is 0. The average molecular weight is 731 g/mol. The third-order valence-corrected chi connectivity index (χ3v) is 14.3. The topological polar surface area (TPSA) is 0 Å². The summed E-state index contributed by atoms with van der Waals surface area (Å²) in [6.45, 7) is 0. The molecule has 0 aliphatic rings. The highest BCUT2D eigenvalue weighted by Crippen LogP contribution is 2.54. The Morgan fingerprint density at radius 2 is 0.481 bits per heavy atom. The molecule has 8 aromatic carbocycles. The van der Waals surface area contributed by atoms with E-state index in [0.717, 1.165) is 0 Å². The van der Waals surface area contributed by atoms with Crippen LogP contribution in [-0.2, 0) is 0 Å². The lowest BCUT2D eigenvalue weighted by Gasteiger charge is -2.44. The highest BCUT2D eigenvalue weighted by molar-refractivity contribution is 8.01. The minimum Gasteiger partial charge on any atom is -0.207 e. The molecule has 0 fully saturated rings. The van der Waals surface area contributed by atoms with Gasteiger partial charge in [0.15, 0.2) is 0 Å². The molecule has 0 unspecified atom stereocenters. The number of benzene rings is 8. The highest BCUT2D eigenvalue weighted by atomic mass is 31.2. The second-order valence-electron chi connectivity index (χ2n) is 13.1. The van der Waals surface area contributed by atoms with Gasteiger partial charge in [-0.3, -0.25) is 0 Å². The molecule has 0 atom stereocenters. The quantitative estimate of drug-likeness (QED) is 0.0848. The maximum Gasteiger partial charge on any atom is 0.144 e. The standard InChI is InChI=1S/C24H16BF4.C24H20P/c26-21-9-1-5-17(13-21)25(18-6-2-10-22(27)14-18,19-7-3-11-23(28)15-19)20-8-4-12-24(29)16-20;1-5-13-21(14-6-1)25(22-15-7-2-8-16-22,23-17-9-3-10-18-23)24-19-11-4-12-20-24/h1-16H;1-20H/q-1;+1. The van der Waals surface area contributed by atoms with Gasteiger partial charge in [0.2, 0.25) is 0 Å². The number of halogens is 4. The van der Waals surface area contributed by atoms with Crippen LogP contribution in [0.5, 0.6) is 0 Å². The van der Waals surface area contributed by atoms with E-state index in [1.165, 1.54) is 69.7 Å². The fraction of sp³-hybridized carbons (Fsp3) is 0. The predicted molar refractivity (Wildman–Crippen MR) is 221 cm³/mol. The van der Waals surface area contributed by atoms with E-state index in [4.69, 9.17) is 0 Å². The summed E-state index contributed by atoms with van der Waals surface area (Å²) < 4.78 is 57.1. The first kappa shape index (κ1) is 36.3. The minimum absolute atomic E-state index is 0.488. The van der Waals surface area contributed by atoms with E-state index in [1.807, 2.05) is 0 Å². The Bertz CT molecular complexity index is 2090. The van der Waals surface area contributed by atoms with Gasteiger partial charge in [-0.1, -0.05) is 146 Å². The van der Waals surface area contributed by atoms with E-state index in [9.17, 15) is 17.6 Å². The third kappa shape index (κ3) is 7.16. The fourth-order valence-electron chi connectivity index (χ4n) is 7.76. The van der Waals surface area contributed by atoms with Crippen LogP contribution in [0.1, 0.15) is 0 Å². The van der Waals surface area contributed by atoms with Gasteiger partial charge in [0, 0.05) is 0 Å². The second kappa shape index (κ2) is 16.3. The van der Waals surface area contributed by atoms with Crippen molar-refractivity contribution in [1.82, 2.24) is 0 Å². The predicted octanol–water partition coefficient (Wildman–Crippen LogP) is 7.93. The first-order chi connectivity index (χ1) is 26.4. The van der Waals surface area contributed by atoms with Crippen molar-refractivity contribution in [2.24, 2.45) is 0 Å². The smallest absolute Gasteiger partial charge is 0.144 e. The molecule has 0 radical (unpaired) electrons. The average Bonchev–Trinajstić information content (AvgIpc) is 3.21. The van der Waals surface area contributed by atoms with Crippen molar-refractivity contribution in [3.8, 4) is 0 Å². The monoisotopic (exact) mass is 730 g/mol. The Morgan fingerprint density at radius 3 is 0.685 bits per heavy atom. The molecule has 0 saturated heterocycles. The molecule has 0 heterocycles. The molecule has 8 rings (SSSR count). The van der Waals surface area contributed by atoms with Crippen LogP contribution in [0.15, 0.2) is 218 Å². The van der Waals surface area contributed by atoms with Crippen molar-refractivity contribution in [1.29, 1.82) is 0 Å². The molecule has 54 heavy (non-hydrogen) atoms. The lowest BCUT2D eigenvalue weighted by molar-refractivity contribution is 0.629. The van der Waals surface area contributed by atoms with Gasteiger partial charge < -0.3 is 0 Å². The van der Waals surface area contributed by atoms with Crippen LogP contribution >= 0.6 is 7.26 Å². The largest absolute Gasteiger partial charge is 0.207 e. The summed E-state index contributed by atoms with van der Waals surface area (Å²) in [5.41, 5.74) is 1.97. The number of hydrogen-bond acceptors (Lipinski definition) is 0. The van der Waals surface area contributed by atoms with Gasteiger partial charge in [-0.05, 0) is 72.8 Å². The Morgan fingerprint density at radius 1 is 0.259 bits per heavy atom. The van der Waals surface area contributed by atoms with Crippen molar-refractivity contribution >= 4 is 56.5 Å². The molecule has 8 aromatic rings. The maximum absolute atomic E-state index is 14.3. The summed E-state index contributed by atoms with van der Waals surface area (Å²) in [4.78, 5) is 0. The van der Waals surface area contributed by atoms with E-state index in [1.54, 1.807) is 48.5 Å². The Hall–Kier alpha value is -6.03. The highest BCUT2D eigenvalue weighted by Gasteiger charge is 2.47. The van der Waals surface area contributed by atoms with Crippen molar-refractivity contribution < 1.29 is 17.6 Å². The molecule has 0 aliphatic carbocycles. The number of rotatable bonds is 8. The van der Waals surface area contributed by atoms with E-state index in [-0.39, 0.29) is 0 Å². The lowest BCUT2D eigenvalue weighted by Crippen LogP contribution is -2.75. The van der Waals surface area contributed by atoms with Crippen LogP contribution in [-0.4, -0.2) is 6.15 Å². The Labute approximate surface area is 314 Å². The van der Waals surface area contributed by atoms with Gasteiger partial charge >= 0.3 is 0 Å².